The lowest BCUT2D eigenvalue weighted by atomic mass is 10.2. The summed E-state index contributed by atoms with van der Waals surface area (Å²) in [5, 5.41) is 2.90. The average molecular weight is 249 g/mol. The van der Waals surface area contributed by atoms with Crippen molar-refractivity contribution >= 4 is 29.1 Å². The van der Waals surface area contributed by atoms with Crippen LogP contribution < -0.4 is 11.1 Å². The Morgan fingerprint density at radius 2 is 1.88 bits per heavy atom. The third-order valence-electron chi connectivity index (χ3n) is 2.02. The van der Waals surface area contributed by atoms with Gasteiger partial charge in [-0.15, -0.1) is 0 Å². The number of rotatable bonds is 2. The average Bonchev–Trinajstić information content (AvgIpc) is 2.32. The van der Waals surface area contributed by atoms with Gasteiger partial charge < -0.3 is 5.73 Å². The summed E-state index contributed by atoms with van der Waals surface area (Å²) < 4.78 is 0. The van der Waals surface area contributed by atoms with E-state index >= 15 is 0 Å². The highest BCUT2D eigenvalue weighted by Crippen LogP contribution is 2.15. The zero-order valence-corrected chi connectivity index (χ0v) is 9.48. The molecule has 0 fully saturated rings. The fourth-order valence-electron chi connectivity index (χ4n) is 1.22. The zero-order chi connectivity index (χ0) is 12.3. The largest absolute Gasteiger partial charge is 0.396 e. The van der Waals surface area contributed by atoms with Gasteiger partial charge in [-0.1, -0.05) is 23.7 Å². The Morgan fingerprint density at radius 3 is 2.53 bits per heavy atom. The molecular formula is C11H9ClN4O. The number of carbonyl (C=O) groups excluding carboxylic acids is 1. The summed E-state index contributed by atoms with van der Waals surface area (Å²) in [6.45, 7) is 0. The van der Waals surface area contributed by atoms with Crippen molar-refractivity contribution < 1.29 is 4.79 Å². The number of aromatic nitrogens is 2. The number of benzene rings is 1. The third kappa shape index (κ3) is 2.70. The molecule has 5 nitrogen and oxygen atoms in total. The van der Waals surface area contributed by atoms with Crippen LogP contribution in [-0.4, -0.2) is 15.9 Å². The monoisotopic (exact) mass is 248 g/mol. The van der Waals surface area contributed by atoms with Gasteiger partial charge in [-0.2, -0.15) is 0 Å². The number of carbonyl (C=O) groups is 1. The first-order valence-corrected chi connectivity index (χ1v) is 5.18. The number of halogens is 1. The molecule has 0 atom stereocenters. The molecule has 0 aliphatic carbocycles. The minimum Gasteiger partial charge on any atom is -0.396 e. The van der Waals surface area contributed by atoms with E-state index in [2.05, 4.69) is 15.3 Å². The van der Waals surface area contributed by atoms with E-state index < -0.39 is 0 Å². The maximum atomic E-state index is 11.8. The van der Waals surface area contributed by atoms with Crippen LogP contribution >= 0.6 is 11.6 Å². The van der Waals surface area contributed by atoms with Crippen LogP contribution in [0, 0.1) is 0 Å². The van der Waals surface area contributed by atoms with E-state index in [1.807, 2.05) is 0 Å². The van der Waals surface area contributed by atoms with Crippen molar-refractivity contribution in [3.05, 3.63) is 47.2 Å². The van der Waals surface area contributed by atoms with E-state index in [4.69, 9.17) is 17.3 Å². The van der Waals surface area contributed by atoms with Crippen molar-refractivity contribution in [2.24, 2.45) is 0 Å². The molecule has 1 aromatic carbocycles. The standard InChI is InChI=1S/C11H9ClN4O/c12-9-4-2-1-3-8(9)10(17)16-11-14-5-7(13)6-15-11/h1-6H,13H2,(H,14,15,16,17). The smallest absolute Gasteiger partial charge is 0.259 e. The number of hydrogen-bond acceptors (Lipinski definition) is 4. The quantitative estimate of drug-likeness (QED) is 0.851. The number of anilines is 2. The molecule has 0 saturated heterocycles. The van der Waals surface area contributed by atoms with E-state index in [9.17, 15) is 4.79 Å². The number of hydrogen-bond donors (Lipinski definition) is 2. The van der Waals surface area contributed by atoms with Crippen molar-refractivity contribution in [3.63, 3.8) is 0 Å². The van der Waals surface area contributed by atoms with Crippen LogP contribution in [0.4, 0.5) is 11.6 Å². The third-order valence-corrected chi connectivity index (χ3v) is 2.35. The molecule has 1 heterocycles. The normalized spacial score (nSPS) is 9.94. The van der Waals surface area contributed by atoms with Gasteiger partial charge in [0.05, 0.1) is 28.7 Å². The topological polar surface area (TPSA) is 80.9 Å². The van der Waals surface area contributed by atoms with Crippen LogP contribution in [0.3, 0.4) is 0 Å². The number of nitrogen functional groups attached to an aromatic ring is 1. The molecule has 0 bridgehead atoms. The van der Waals surface area contributed by atoms with E-state index in [1.54, 1.807) is 24.3 Å². The Hall–Kier alpha value is -2.14. The molecule has 1 amide bonds. The van der Waals surface area contributed by atoms with Crippen LogP contribution in [0.1, 0.15) is 10.4 Å². The molecule has 0 radical (unpaired) electrons. The lowest BCUT2D eigenvalue weighted by molar-refractivity contribution is 0.102. The predicted octanol–water partition coefficient (Wildman–Crippen LogP) is 1.96. The summed E-state index contributed by atoms with van der Waals surface area (Å²) in [7, 11) is 0. The van der Waals surface area contributed by atoms with Crippen molar-refractivity contribution in [2.45, 2.75) is 0 Å². The van der Waals surface area contributed by atoms with Gasteiger partial charge in [-0.25, -0.2) is 9.97 Å². The molecular weight excluding hydrogens is 240 g/mol. The van der Waals surface area contributed by atoms with Gasteiger partial charge in [0.15, 0.2) is 0 Å². The highest BCUT2D eigenvalue weighted by atomic mass is 35.5. The van der Waals surface area contributed by atoms with Gasteiger partial charge in [0.25, 0.3) is 5.91 Å². The fraction of sp³-hybridized carbons (Fsp3) is 0. The number of amides is 1. The number of nitrogens with one attached hydrogen (secondary N) is 1. The van der Waals surface area contributed by atoms with Crippen molar-refractivity contribution in [2.75, 3.05) is 11.1 Å². The summed E-state index contributed by atoms with van der Waals surface area (Å²) in [5.41, 5.74) is 6.24. The summed E-state index contributed by atoms with van der Waals surface area (Å²) in [6.07, 6.45) is 2.82. The molecule has 17 heavy (non-hydrogen) atoms. The summed E-state index contributed by atoms with van der Waals surface area (Å²) in [5.74, 6) is -0.176. The van der Waals surface area contributed by atoms with Crippen molar-refractivity contribution in [1.29, 1.82) is 0 Å². The second-order valence-corrected chi connectivity index (χ2v) is 3.68. The lowest BCUT2D eigenvalue weighted by Crippen LogP contribution is -2.14. The first-order valence-electron chi connectivity index (χ1n) is 4.80. The van der Waals surface area contributed by atoms with E-state index in [1.165, 1.54) is 12.4 Å². The number of nitrogens with two attached hydrogens (primary N) is 1. The van der Waals surface area contributed by atoms with Gasteiger partial charge in [0.2, 0.25) is 5.95 Å². The van der Waals surface area contributed by atoms with Gasteiger partial charge in [-0.05, 0) is 12.1 Å². The van der Waals surface area contributed by atoms with Crippen LogP contribution in [0.15, 0.2) is 36.7 Å². The fourth-order valence-corrected chi connectivity index (χ4v) is 1.44. The molecule has 2 aromatic rings. The minimum absolute atomic E-state index is 0.184. The van der Waals surface area contributed by atoms with Crippen molar-refractivity contribution in [3.8, 4) is 0 Å². The van der Waals surface area contributed by atoms with Crippen molar-refractivity contribution in [1.82, 2.24) is 9.97 Å². The Balaban J connectivity index is 2.17. The predicted molar refractivity (Wildman–Crippen MR) is 65.8 cm³/mol. The lowest BCUT2D eigenvalue weighted by Gasteiger charge is -2.04. The first-order chi connectivity index (χ1) is 8.16. The summed E-state index contributed by atoms with van der Waals surface area (Å²) in [4.78, 5) is 19.5. The van der Waals surface area contributed by atoms with Gasteiger partial charge >= 0.3 is 0 Å². The maximum Gasteiger partial charge on any atom is 0.259 e. The molecule has 2 rings (SSSR count). The molecule has 0 unspecified atom stereocenters. The summed E-state index contributed by atoms with van der Waals surface area (Å²) in [6, 6.07) is 6.73. The van der Waals surface area contributed by atoms with E-state index in [-0.39, 0.29) is 11.9 Å². The molecule has 6 heteroatoms. The first kappa shape index (κ1) is 11.3. The molecule has 86 valence electrons. The molecule has 0 aliphatic rings. The second-order valence-electron chi connectivity index (χ2n) is 3.27. The Morgan fingerprint density at radius 1 is 1.24 bits per heavy atom. The van der Waals surface area contributed by atoms with E-state index in [0.29, 0.717) is 16.3 Å². The molecule has 0 aliphatic heterocycles. The van der Waals surface area contributed by atoms with Crippen LogP contribution in [-0.2, 0) is 0 Å². The minimum atomic E-state index is -0.361. The molecule has 3 N–H and O–H groups in total. The van der Waals surface area contributed by atoms with Gasteiger partial charge in [0, 0.05) is 0 Å². The number of nitrogens with zero attached hydrogens (tertiary/aromatic N) is 2. The van der Waals surface area contributed by atoms with Gasteiger partial charge in [0.1, 0.15) is 0 Å². The van der Waals surface area contributed by atoms with Crippen LogP contribution in [0.25, 0.3) is 0 Å². The van der Waals surface area contributed by atoms with Gasteiger partial charge in [-0.3, -0.25) is 10.1 Å². The Labute approximate surface area is 103 Å². The molecule has 0 saturated carbocycles. The van der Waals surface area contributed by atoms with Crippen LogP contribution in [0.5, 0.6) is 0 Å². The highest BCUT2D eigenvalue weighted by molar-refractivity contribution is 6.34. The molecule has 0 spiro atoms. The van der Waals surface area contributed by atoms with E-state index in [0.717, 1.165) is 0 Å². The second kappa shape index (κ2) is 4.80. The summed E-state index contributed by atoms with van der Waals surface area (Å²) >= 11 is 5.89. The Kier molecular flexibility index (Phi) is 3.20. The molecule has 1 aromatic heterocycles. The SMILES string of the molecule is Nc1cnc(NC(=O)c2ccccc2Cl)nc1. The zero-order valence-electron chi connectivity index (χ0n) is 8.72. The highest BCUT2D eigenvalue weighted by Gasteiger charge is 2.10. The maximum absolute atomic E-state index is 11.8. The van der Waals surface area contributed by atoms with Crippen LogP contribution in [0.2, 0.25) is 5.02 Å². The Bertz CT molecular complexity index is 541.